The number of fused-ring (bicyclic) bond motifs is 11. The van der Waals surface area contributed by atoms with Crippen LogP contribution in [-0.4, -0.2) is 0 Å². The van der Waals surface area contributed by atoms with Gasteiger partial charge in [0.2, 0.25) is 0 Å². The maximum atomic E-state index is 6.58. The van der Waals surface area contributed by atoms with Gasteiger partial charge in [0.05, 0.1) is 0 Å². The summed E-state index contributed by atoms with van der Waals surface area (Å²) in [5, 5.41) is 14.2. The average Bonchev–Trinajstić information content (AvgIpc) is 3.96. The number of para-hydroxylation sites is 1. The molecule has 306 valence electrons. The number of furan rings is 2. The maximum Gasteiger partial charge on any atom is 0.178 e. The molecule has 2 aromatic heterocycles. The Hall–Kier alpha value is -8.72. The molecule has 0 unspecified atom stereocenters. The normalized spacial score (nSPS) is 11.9. The fourth-order valence-electron chi connectivity index (χ4n) is 10.8. The van der Waals surface area contributed by atoms with Crippen LogP contribution in [0.25, 0.3) is 143 Å². The molecule has 2 nitrogen and oxygen atoms in total. The van der Waals surface area contributed by atoms with Crippen molar-refractivity contribution in [3.63, 3.8) is 0 Å². The Balaban J connectivity index is 0.971. The molecule has 0 atom stereocenters. The summed E-state index contributed by atoms with van der Waals surface area (Å²) in [6.07, 6.45) is 0. The minimum atomic E-state index is 0.783. The molecule has 2 heteroatoms. The van der Waals surface area contributed by atoms with E-state index in [1.54, 1.807) is 0 Å². The highest BCUT2D eigenvalue weighted by Crippen LogP contribution is 2.47. The van der Waals surface area contributed by atoms with Crippen LogP contribution < -0.4 is 0 Å². The Labute approximate surface area is 380 Å². The van der Waals surface area contributed by atoms with Crippen LogP contribution in [0.5, 0.6) is 0 Å². The first kappa shape index (κ1) is 36.7. The lowest BCUT2D eigenvalue weighted by Crippen LogP contribution is -1.92. The molecule has 14 rings (SSSR count). The van der Waals surface area contributed by atoms with Crippen LogP contribution in [0.1, 0.15) is 0 Å². The molecule has 0 amide bonds. The van der Waals surface area contributed by atoms with Crippen LogP contribution >= 0.6 is 0 Å². The highest BCUT2D eigenvalue weighted by molar-refractivity contribution is 6.23. The van der Waals surface area contributed by atoms with Crippen LogP contribution in [0, 0.1) is 0 Å². The Kier molecular flexibility index (Phi) is 8.02. The van der Waals surface area contributed by atoms with E-state index in [1.165, 1.54) is 87.6 Å². The zero-order valence-electron chi connectivity index (χ0n) is 35.8. The Bertz CT molecular complexity index is 4250. The van der Waals surface area contributed by atoms with Crippen LogP contribution in [0.4, 0.5) is 0 Å². The second-order valence-electron chi connectivity index (χ2n) is 17.5. The van der Waals surface area contributed by atoms with Crippen molar-refractivity contribution in [2.24, 2.45) is 0 Å². The van der Waals surface area contributed by atoms with Gasteiger partial charge < -0.3 is 8.83 Å². The summed E-state index contributed by atoms with van der Waals surface area (Å²) in [6.45, 7) is 0. The van der Waals surface area contributed by atoms with Crippen LogP contribution in [0.15, 0.2) is 239 Å². The highest BCUT2D eigenvalue weighted by atomic mass is 16.4. The molecule has 12 aromatic carbocycles. The third-order valence-electron chi connectivity index (χ3n) is 13.9. The third kappa shape index (κ3) is 5.62. The van der Waals surface area contributed by atoms with Crippen molar-refractivity contribution < 1.29 is 8.83 Å². The van der Waals surface area contributed by atoms with E-state index >= 15 is 0 Å². The molecule has 0 spiro atoms. The van der Waals surface area contributed by atoms with Crippen molar-refractivity contribution in [2.45, 2.75) is 0 Å². The van der Waals surface area contributed by atoms with Crippen molar-refractivity contribution in [1.82, 2.24) is 0 Å². The second-order valence-corrected chi connectivity index (χ2v) is 17.5. The number of rotatable bonds is 5. The SMILES string of the molecule is c1ccc2c(-c3ccc(-c4c5ccccc5c(-c5ccc(-c6cccc7ccccc67)cc5)c5cc(-c6ccc7oc8c(ccc9c%10ccccc%10oc98)c7c6)ccc45)cc3)cccc2c1. The number of hydrogen-bond acceptors (Lipinski definition) is 2. The molecule has 0 N–H and O–H groups in total. The molecule has 0 radical (unpaired) electrons. The standard InChI is InChI=1S/C64H38O2/c1-3-15-47-39(11-1)13-9-20-49(47)41-23-27-43(28-24-41)61-52-18-5-6-19-53(52)62(44-29-25-42(26-30-44)50-21-10-14-40-12-2-4-16-48(40)50)58-38-45(31-33-54(58)61)46-32-36-60-57(37-46)56-35-34-55-51-17-7-8-22-59(51)65-63(55)64(56)66-60/h1-38H. The lowest BCUT2D eigenvalue weighted by atomic mass is 9.84. The number of hydrogen-bond donors (Lipinski definition) is 0. The van der Waals surface area contributed by atoms with Gasteiger partial charge >= 0.3 is 0 Å². The van der Waals surface area contributed by atoms with E-state index in [2.05, 4.69) is 218 Å². The van der Waals surface area contributed by atoms with Gasteiger partial charge in [-0.3, -0.25) is 0 Å². The fourth-order valence-corrected chi connectivity index (χ4v) is 10.8. The molecule has 0 aliphatic heterocycles. The minimum absolute atomic E-state index is 0.783. The van der Waals surface area contributed by atoms with Gasteiger partial charge in [-0.05, 0) is 135 Å². The van der Waals surface area contributed by atoms with E-state index in [0.29, 0.717) is 0 Å². The molecule has 0 saturated heterocycles. The van der Waals surface area contributed by atoms with Gasteiger partial charge in [-0.1, -0.05) is 194 Å². The molecule has 0 saturated carbocycles. The molecule has 0 fully saturated rings. The summed E-state index contributed by atoms with van der Waals surface area (Å²) in [5.74, 6) is 0. The summed E-state index contributed by atoms with van der Waals surface area (Å²) < 4.78 is 13.0. The maximum absolute atomic E-state index is 6.58. The van der Waals surface area contributed by atoms with Crippen LogP contribution in [-0.2, 0) is 0 Å². The monoisotopic (exact) mass is 838 g/mol. The van der Waals surface area contributed by atoms with Gasteiger partial charge in [0, 0.05) is 21.5 Å². The van der Waals surface area contributed by atoms with E-state index in [-0.39, 0.29) is 0 Å². The van der Waals surface area contributed by atoms with E-state index in [9.17, 15) is 0 Å². The predicted molar refractivity (Wildman–Crippen MR) is 278 cm³/mol. The molecule has 0 aliphatic carbocycles. The zero-order valence-corrected chi connectivity index (χ0v) is 35.8. The average molecular weight is 839 g/mol. The highest BCUT2D eigenvalue weighted by Gasteiger charge is 2.20. The first-order valence-corrected chi connectivity index (χ1v) is 22.6. The Morgan fingerprint density at radius 2 is 0.591 bits per heavy atom. The van der Waals surface area contributed by atoms with Gasteiger partial charge in [-0.2, -0.15) is 0 Å². The minimum Gasteiger partial charge on any atom is -0.452 e. The van der Waals surface area contributed by atoms with E-state index in [4.69, 9.17) is 8.83 Å². The van der Waals surface area contributed by atoms with Gasteiger partial charge in [-0.25, -0.2) is 0 Å². The van der Waals surface area contributed by atoms with E-state index < -0.39 is 0 Å². The van der Waals surface area contributed by atoms with Crippen molar-refractivity contribution in [2.75, 3.05) is 0 Å². The molecule has 66 heavy (non-hydrogen) atoms. The molecule has 0 aliphatic rings. The third-order valence-corrected chi connectivity index (χ3v) is 13.9. The van der Waals surface area contributed by atoms with Crippen molar-refractivity contribution in [3.05, 3.63) is 231 Å². The van der Waals surface area contributed by atoms with Crippen LogP contribution in [0.2, 0.25) is 0 Å². The topological polar surface area (TPSA) is 26.3 Å². The van der Waals surface area contributed by atoms with Crippen LogP contribution in [0.3, 0.4) is 0 Å². The summed E-state index contributed by atoms with van der Waals surface area (Å²) in [5.41, 5.74) is 15.3. The van der Waals surface area contributed by atoms with Crippen molar-refractivity contribution >= 4 is 87.0 Å². The molecular formula is C64H38O2. The molecule has 0 bridgehead atoms. The number of benzene rings is 12. The molecule has 14 aromatic rings. The zero-order chi connectivity index (χ0) is 43.3. The van der Waals surface area contributed by atoms with Gasteiger partial charge in [0.25, 0.3) is 0 Å². The van der Waals surface area contributed by atoms with Gasteiger partial charge in [-0.15, -0.1) is 0 Å². The van der Waals surface area contributed by atoms with E-state index in [1.807, 2.05) is 12.1 Å². The predicted octanol–water partition coefficient (Wildman–Crippen LogP) is 18.4. The van der Waals surface area contributed by atoms with Crippen molar-refractivity contribution in [1.29, 1.82) is 0 Å². The fraction of sp³-hybridized carbons (Fsp3) is 0. The van der Waals surface area contributed by atoms with Gasteiger partial charge in [0.1, 0.15) is 11.2 Å². The molecule has 2 heterocycles. The summed E-state index contributed by atoms with van der Waals surface area (Å²) >= 11 is 0. The Morgan fingerprint density at radius 3 is 1.18 bits per heavy atom. The molecular weight excluding hydrogens is 801 g/mol. The lowest BCUT2D eigenvalue weighted by molar-refractivity contribution is 0.633. The quantitative estimate of drug-likeness (QED) is 0.161. The summed E-state index contributed by atoms with van der Waals surface area (Å²) in [7, 11) is 0. The second kappa shape index (κ2) is 14.4. The summed E-state index contributed by atoms with van der Waals surface area (Å²) in [6, 6.07) is 83.9. The first-order chi connectivity index (χ1) is 32.7. The first-order valence-electron chi connectivity index (χ1n) is 22.6. The summed E-state index contributed by atoms with van der Waals surface area (Å²) in [4.78, 5) is 0. The lowest BCUT2D eigenvalue weighted by Gasteiger charge is -2.19. The van der Waals surface area contributed by atoms with E-state index in [0.717, 1.165) is 55.0 Å². The smallest absolute Gasteiger partial charge is 0.178 e. The van der Waals surface area contributed by atoms with Crippen molar-refractivity contribution in [3.8, 4) is 55.6 Å². The Morgan fingerprint density at radius 1 is 0.212 bits per heavy atom. The van der Waals surface area contributed by atoms with Gasteiger partial charge in [0.15, 0.2) is 11.2 Å². The largest absolute Gasteiger partial charge is 0.452 e.